The first kappa shape index (κ1) is 12.0. The molecule has 1 aromatic rings. The average molecular weight is 218 g/mol. The number of nitrogens with zero attached hydrogens (tertiary/aromatic N) is 1. The highest BCUT2D eigenvalue weighted by molar-refractivity contribution is 5.79. The SMILES string of the molecule is CCOC(=O)N/N=C\C=C\c1ccccc1. The Labute approximate surface area is 94.6 Å². The molecule has 16 heavy (non-hydrogen) atoms. The lowest BCUT2D eigenvalue weighted by Crippen LogP contribution is -2.18. The van der Waals surface area contributed by atoms with Gasteiger partial charge in [0.15, 0.2) is 0 Å². The molecule has 0 aromatic heterocycles. The van der Waals surface area contributed by atoms with Crippen molar-refractivity contribution in [2.24, 2.45) is 5.10 Å². The van der Waals surface area contributed by atoms with Crippen LogP contribution in [0.3, 0.4) is 0 Å². The highest BCUT2D eigenvalue weighted by atomic mass is 16.5. The van der Waals surface area contributed by atoms with E-state index in [4.69, 9.17) is 0 Å². The maximum absolute atomic E-state index is 10.8. The molecule has 0 radical (unpaired) electrons. The van der Waals surface area contributed by atoms with Gasteiger partial charge in [0.25, 0.3) is 0 Å². The van der Waals surface area contributed by atoms with Crippen LogP contribution in [0.25, 0.3) is 6.08 Å². The normalized spacial score (nSPS) is 10.8. The van der Waals surface area contributed by atoms with Crippen LogP contribution in [0, 0.1) is 0 Å². The van der Waals surface area contributed by atoms with Gasteiger partial charge in [0.2, 0.25) is 0 Å². The number of rotatable bonds is 4. The van der Waals surface area contributed by atoms with Crippen molar-refractivity contribution < 1.29 is 9.53 Å². The molecule has 1 N–H and O–H groups in total. The Bertz CT molecular complexity index is 372. The van der Waals surface area contributed by atoms with Crippen LogP contribution in [0.2, 0.25) is 0 Å². The smallest absolute Gasteiger partial charge is 0.427 e. The lowest BCUT2D eigenvalue weighted by Gasteiger charge is -1.97. The molecule has 0 unspecified atom stereocenters. The van der Waals surface area contributed by atoms with Crippen LogP contribution in [-0.2, 0) is 4.74 Å². The Balaban J connectivity index is 2.32. The average Bonchev–Trinajstić information content (AvgIpc) is 2.30. The van der Waals surface area contributed by atoms with Crippen molar-refractivity contribution in [2.45, 2.75) is 6.92 Å². The summed E-state index contributed by atoms with van der Waals surface area (Å²) in [5.74, 6) is 0. The number of carbonyl (C=O) groups excluding carboxylic acids is 1. The second-order valence-electron chi connectivity index (χ2n) is 2.88. The molecular formula is C12H14N2O2. The Kier molecular flexibility index (Phi) is 5.41. The van der Waals surface area contributed by atoms with Gasteiger partial charge in [-0.25, -0.2) is 10.2 Å². The van der Waals surface area contributed by atoms with Gasteiger partial charge in [0.05, 0.1) is 6.61 Å². The zero-order valence-electron chi connectivity index (χ0n) is 9.09. The van der Waals surface area contributed by atoms with Crippen molar-refractivity contribution in [2.75, 3.05) is 6.61 Å². The second-order valence-corrected chi connectivity index (χ2v) is 2.88. The van der Waals surface area contributed by atoms with E-state index < -0.39 is 6.09 Å². The molecule has 0 aliphatic rings. The summed E-state index contributed by atoms with van der Waals surface area (Å²) in [6.07, 6.45) is 4.56. The molecule has 0 aliphatic heterocycles. The molecule has 4 nitrogen and oxygen atoms in total. The van der Waals surface area contributed by atoms with Gasteiger partial charge in [0.1, 0.15) is 0 Å². The summed E-state index contributed by atoms with van der Waals surface area (Å²) in [5, 5.41) is 3.67. The monoisotopic (exact) mass is 218 g/mol. The van der Waals surface area contributed by atoms with Gasteiger partial charge in [-0.15, -0.1) is 0 Å². The summed E-state index contributed by atoms with van der Waals surface area (Å²) in [6.45, 7) is 2.07. The predicted octanol–water partition coefficient (Wildman–Crippen LogP) is 2.43. The van der Waals surface area contributed by atoms with Crippen molar-refractivity contribution in [1.29, 1.82) is 0 Å². The molecule has 0 heterocycles. The van der Waals surface area contributed by atoms with Gasteiger partial charge in [-0.05, 0) is 18.6 Å². The molecule has 0 saturated carbocycles. The fourth-order valence-electron chi connectivity index (χ4n) is 1.01. The van der Waals surface area contributed by atoms with E-state index in [1.165, 1.54) is 6.21 Å². The number of ether oxygens (including phenoxy) is 1. The summed E-state index contributed by atoms with van der Waals surface area (Å²) in [6, 6.07) is 9.81. The first-order chi connectivity index (χ1) is 7.83. The third-order valence-corrected chi connectivity index (χ3v) is 1.68. The molecular weight excluding hydrogens is 204 g/mol. The minimum absolute atomic E-state index is 0.335. The van der Waals surface area contributed by atoms with Gasteiger partial charge in [-0.2, -0.15) is 5.10 Å². The number of allylic oxidation sites excluding steroid dienone is 1. The Hall–Kier alpha value is -2.10. The largest absolute Gasteiger partial charge is 0.449 e. The van der Waals surface area contributed by atoms with Crippen LogP contribution in [0.5, 0.6) is 0 Å². The van der Waals surface area contributed by atoms with Crippen LogP contribution in [0.4, 0.5) is 4.79 Å². The molecule has 4 heteroatoms. The standard InChI is InChI=1S/C12H14N2O2/c1-2-16-12(15)14-13-10-6-9-11-7-4-3-5-8-11/h3-10H,2H2,1H3,(H,14,15)/b9-6+,13-10-. The van der Waals surface area contributed by atoms with Gasteiger partial charge in [-0.3, -0.25) is 0 Å². The van der Waals surface area contributed by atoms with E-state index in [0.29, 0.717) is 6.61 Å². The van der Waals surface area contributed by atoms with Gasteiger partial charge < -0.3 is 4.74 Å². The molecule has 0 atom stereocenters. The first-order valence-electron chi connectivity index (χ1n) is 5.00. The van der Waals surface area contributed by atoms with E-state index in [1.54, 1.807) is 13.0 Å². The van der Waals surface area contributed by atoms with Crippen LogP contribution >= 0.6 is 0 Å². The predicted molar refractivity (Wildman–Crippen MR) is 64.1 cm³/mol. The third kappa shape index (κ3) is 4.95. The highest BCUT2D eigenvalue weighted by Gasteiger charge is 1.93. The quantitative estimate of drug-likeness (QED) is 0.623. The molecule has 0 aliphatic carbocycles. The summed E-state index contributed by atoms with van der Waals surface area (Å²) in [4.78, 5) is 10.8. The lowest BCUT2D eigenvalue weighted by atomic mass is 10.2. The number of amides is 1. The Morgan fingerprint density at radius 3 is 2.88 bits per heavy atom. The molecule has 1 rings (SSSR count). The topological polar surface area (TPSA) is 50.7 Å². The minimum atomic E-state index is -0.549. The summed E-state index contributed by atoms with van der Waals surface area (Å²) in [7, 11) is 0. The molecule has 0 saturated heterocycles. The van der Waals surface area contributed by atoms with Gasteiger partial charge in [0, 0.05) is 6.21 Å². The number of hydrazone groups is 1. The molecule has 0 spiro atoms. The number of carbonyl (C=O) groups is 1. The zero-order chi connectivity index (χ0) is 11.6. The maximum Gasteiger partial charge on any atom is 0.427 e. The molecule has 84 valence electrons. The van der Waals surface area contributed by atoms with Crippen molar-refractivity contribution in [1.82, 2.24) is 5.43 Å². The zero-order valence-corrected chi connectivity index (χ0v) is 9.09. The van der Waals surface area contributed by atoms with E-state index in [9.17, 15) is 4.79 Å². The van der Waals surface area contributed by atoms with E-state index in [2.05, 4.69) is 15.3 Å². The van der Waals surface area contributed by atoms with Crippen molar-refractivity contribution in [3.05, 3.63) is 42.0 Å². The van der Waals surface area contributed by atoms with Crippen molar-refractivity contribution >= 4 is 18.4 Å². The van der Waals surface area contributed by atoms with Gasteiger partial charge >= 0.3 is 6.09 Å². The lowest BCUT2D eigenvalue weighted by molar-refractivity contribution is 0.152. The van der Waals surface area contributed by atoms with E-state index in [1.807, 2.05) is 36.4 Å². The number of benzene rings is 1. The Morgan fingerprint density at radius 2 is 2.19 bits per heavy atom. The number of hydrogen-bond acceptors (Lipinski definition) is 3. The second kappa shape index (κ2) is 7.23. The fourth-order valence-corrected chi connectivity index (χ4v) is 1.01. The molecule has 1 aromatic carbocycles. The third-order valence-electron chi connectivity index (χ3n) is 1.68. The molecule has 0 fully saturated rings. The number of hydrogen-bond donors (Lipinski definition) is 1. The minimum Gasteiger partial charge on any atom is -0.449 e. The highest BCUT2D eigenvalue weighted by Crippen LogP contribution is 1.99. The van der Waals surface area contributed by atoms with Crippen molar-refractivity contribution in [3.8, 4) is 0 Å². The van der Waals surface area contributed by atoms with Crippen LogP contribution in [0.15, 0.2) is 41.5 Å². The fraction of sp³-hybridized carbons (Fsp3) is 0.167. The molecule has 1 amide bonds. The van der Waals surface area contributed by atoms with E-state index in [0.717, 1.165) is 5.56 Å². The van der Waals surface area contributed by atoms with E-state index in [-0.39, 0.29) is 0 Å². The Morgan fingerprint density at radius 1 is 1.44 bits per heavy atom. The maximum atomic E-state index is 10.8. The number of nitrogens with one attached hydrogen (secondary N) is 1. The van der Waals surface area contributed by atoms with Crippen molar-refractivity contribution in [3.63, 3.8) is 0 Å². The van der Waals surface area contributed by atoms with Crippen LogP contribution < -0.4 is 5.43 Å². The van der Waals surface area contributed by atoms with Gasteiger partial charge in [-0.1, -0.05) is 36.4 Å². The summed E-state index contributed by atoms with van der Waals surface area (Å²) >= 11 is 0. The summed E-state index contributed by atoms with van der Waals surface area (Å²) in [5.41, 5.74) is 3.30. The molecule has 0 bridgehead atoms. The van der Waals surface area contributed by atoms with E-state index >= 15 is 0 Å². The van der Waals surface area contributed by atoms with Crippen LogP contribution in [-0.4, -0.2) is 18.9 Å². The first-order valence-corrected chi connectivity index (χ1v) is 5.00. The summed E-state index contributed by atoms with van der Waals surface area (Å²) < 4.78 is 4.62. The van der Waals surface area contributed by atoms with Crippen LogP contribution in [0.1, 0.15) is 12.5 Å².